The van der Waals surface area contributed by atoms with Gasteiger partial charge in [-0.2, -0.15) is 5.10 Å². The second-order valence-corrected chi connectivity index (χ2v) is 7.96. The first-order valence-electron chi connectivity index (χ1n) is 11.1. The maximum absolute atomic E-state index is 12.9. The number of hydrogen-bond acceptors (Lipinski definition) is 5. The fraction of sp³-hybridized carbons (Fsp3) is 0.231. The Morgan fingerprint density at radius 2 is 1.82 bits per heavy atom. The first-order valence-corrected chi connectivity index (χ1v) is 11.1. The van der Waals surface area contributed by atoms with Gasteiger partial charge in [0.2, 0.25) is 11.8 Å². The summed E-state index contributed by atoms with van der Waals surface area (Å²) in [6.07, 6.45) is 5.23. The standard InChI is InChI=1S/C26H26N4O4/c1-4-34-26(33)23-16-27-30(17(23)2)21-11-9-20(10-12-21)28-25(32)15-24-22-8-6-5-7-19(22)13-14-29(24)18(3)31/h5-14,16,24H,4,15H2,1-3H3,(H,28,32). The summed E-state index contributed by atoms with van der Waals surface area (Å²) in [6, 6.07) is 14.6. The van der Waals surface area contributed by atoms with E-state index in [-0.39, 0.29) is 24.3 Å². The number of hydrogen-bond donors (Lipinski definition) is 1. The molecule has 1 N–H and O–H groups in total. The molecule has 1 aliphatic heterocycles. The van der Waals surface area contributed by atoms with Gasteiger partial charge in [0.15, 0.2) is 0 Å². The Morgan fingerprint density at radius 3 is 2.53 bits per heavy atom. The number of aromatic nitrogens is 2. The molecule has 174 valence electrons. The molecule has 0 fully saturated rings. The van der Waals surface area contributed by atoms with Crippen LogP contribution >= 0.6 is 0 Å². The number of nitrogens with one attached hydrogen (secondary N) is 1. The second kappa shape index (κ2) is 9.74. The molecule has 2 amide bonds. The van der Waals surface area contributed by atoms with Gasteiger partial charge in [-0.1, -0.05) is 24.3 Å². The van der Waals surface area contributed by atoms with Crippen molar-refractivity contribution in [3.63, 3.8) is 0 Å². The van der Waals surface area contributed by atoms with Gasteiger partial charge in [-0.05, 0) is 55.3 Å². The highest BCUT2D eigenvalue weighted by molar-refractivity contribution is 5.92. The number of rotatable bonds is 6. The van der Waals surface area contributed by atoms with Crippen molar-refractivity contribution in [2.45, 2.75) is 33.2 Å². The summed E-state index contributed by atoms with van der Waals surface area (Å²) < 4.78 is 6.71. The molecule has 8 heteroatoms. The minimum atomic E-state index is -0.408. The van der Waals surface area contributed by atoms with Gasteiger partial charge in [0.1, 0.15) is 5.56 Å². The Morgan fingerprint density at radius 1 is 1.09 bits per heavy atom. The number of amides is 2. The minimum absolute atomic E-state index is 0.121. The molecule has 1 aliphatic rings. The molecule has 8 nitrogen and oxygen atoms in total. The van der Waals surface area contributed by atoms with Gasteiger partial charge in [0, 0.05) is 18.8 Å². The molecule has 0 radical (unpaired) electrons. The number of ether oxygens (including phenoxy) is 1. The number of nitrogens with zero attached hydrogens (tertiary/aromatic N) is 3. The summed E-state index contributed by atoms with van der Waals surface area (Å²) in [7, 11) is 0. The van der Waals surface area contributed by atoms with Gasteiger partial charge in [-0.15, -0.1) is 0 Å². The highest BCUT2D eigenvalue weighted by Crippen LogP contribution is 2.33. The lowest BCUT2D eigenvalue weighted by Gasteiger charge is -2.32. The summed E-state index contributed by atoms with van der Waals surface area (Å²) in [6.45, 7) is 5.34. The highest BCUT2D eigenvalue weighted by Gasteiger charge is 2.28. The molecular weight excluding hydrogens is 432 g/mol. The van der Waals surface area contributed by atoms with E-state index >= 15 is 0 Å². The van der Waals surface area contributed by atoms with E-state index in [4.69, 9.17) is 4.74 Å². The number of carbonyl (C=O) groups excluding carboxylic acids is 3. The lowest BCUT2D eigenvalue weighted by Crippen LogP contribution is -2.33. The number of anilines is 1. The molecule has 0 aliphatic carbocycles. The lowest BCUT2D eigenvalue weighted by molar-refractivity contribution is -0.129. The molecule has 0 spiro atoms. The van der Waals surface area contributed by atoms with E-state index in [1.54, 1.807) is 41.8 Å². The van der Waals surface area contributed by atoms with Crippen molar-refractivity contribution in [1.82, 2.24) is 14.7 Å². The Kier molecular flexibility index (Phi) is 6.58. The van der Waals surface area contributed by atoms with E-state index < -0.39 is 5.97 Å². The lowest BCUT2D eigenvalue weighted by atomic mass is 9.93. The maximum Gasteiger partial charge on any atom is 0.341 e. The molecule has 34 heavy (non-hydrogen) atoms. The summed E-state index contributed by atoms with van der Waals surface area (Å²) in [5.74, 6) is -0.729. The van der Waals surface area contributed by atoms with Crippen molar-refractivity contribution < 1.29 is 19.1 Å². The van der Waals surface area contributed by atoms with Crippen LogP contribution in [0.1, 0.15) is 53.5 Å². The monoisotopic (exact) mass is 458 g/mol. The van der Waals surface area contributed by atoms with Crippen molar-refractivity contribution in [1.29, 1.82) is 0 Å². The molecule has 1 aromatic heterocycles. The third kappa shape index (κ3) is 4.61. The highest BCUT2D eigenvalue weighted by atomic mass is 16.5. The quantitative estimate of drug-likeness (QED) is 0.557. The summed E-state index contributed by atoms with van der Waals surface area (Å²) in [5, 5.41) is 7.20. The normalized spacial score (nSPS) is 14.4. The Bertz CT molecular complexity index is 1260. The molecule has 0 saturated carbocycles. The van der Waals surface area contributed by atoms with Gasteiger partial charge in [0.05, 0.1) is 36.6 Å². The van der Waals surface area contributed by atoms with Crippen LogP contribution in [-0.2, 0) is 14.3 Å². The van der Waals surface area contributed by atoms with Crippen LogP contribution in [0, 0.1) is 6.92 Å². The second-order valence-electron chi connectivity index (χ2n) is 7.96. The van der Waals surface area contributed by atoms with Crippen LogP contribution in [0.3, 0.4) is 0 Å². The molecule has 4 rings (SSSR count). The van der Waals surface area contributed by atoms with Gasteiger partial charge >= 0.3 is 5.97 Å². The van der Waals surface area contributed by atoms with E-state index in [2.05, 4.69) is 10.4 Å². The maximum atomic E-state index is 12.9. The van der Waals surface area contributed by atoms with Gasteiger partial charge in [-0.3, -0.25) is 9.59 Å². The molecule has 3 aromatic rings. The SMILES string of the molecule is CCOC(=O)c1cnn(-c2ccc(NC(=O)CC3c4ccccc4C=CN3C(C)=O)cc2)c1C. The fourth-order valence-corrected chi connectivity index (χ4v) is 4.07. The van der Waals surface area contributed by atoms with E-state index in [1.165, 1.54) is 13.1 Å². The topological polar surface area (TPSA) is 93.5 Å². The van der Waals surface area contributed by atoms with Crippen molar-refractivity contribution in [3.05, 3.63) is 83.3 Å². The van der Waals surface area contributed by atoms with Crippen LogP contribution in [0.4, 0.5) is 5.69 Å². The zero-order valence-electron chi connectivity index (χ0n) is 19.3. The van der Waals surface area contributed by atoms with Crippen molar-refractivity contribution in [3.8, 4) is 5.69 Å². The summed E-state index contributed by atoms with van der Waals surface area (Å²) in [5.41, 5.74) is 4.40. The largest absolute Gasteiger partial charge is 0.462 e. The first kappa shape index (κ1) is 23.0. The molecule has 0 saturated heterocycles. The first-order chi connectivity index (χ1) is 16.4. The molecule has 1 unspecified atom stereocenters. The summed E-state index contributed by atoms with van der Waals surface area (Å²) in [4.78, 5) is 38.6. The van der Waals surface area contributed by atoms with Gasteiger partial charge < -0.3 is 15.0 Å². The Balaban J connectivity index is 1.47. The van der Waals surface area contributed by atoms with E-state index in [1.807, 2.05) is 42.5 Å². The van der Waals surface area contributed by atoms with Crippen molar-refractivity contribution in [2.75, 3.05) is 11.9 Å². The third-order valence-corrected chi connectivity index (χ3v) is 5.75. The Labute approximate surface area is 197 Å². The van der Waals surface area contributed by atoms with Crippen LogP contribution in [0.15, 0.2) is 60.9 Å². The smallest absolute Gasteiger partial charge is 0.341 e. The zero-order chi connectivity index (χ0) is 24.2. The van der Waals surface area contributed by atoms with Crippen LogP contribution in [0.2, 0.25) is 0 Å². The molecule has 1 atom stereocenters. The minimum Gasteiger partial charge on any atom is -0.462 e. The van der Waals surface area contributed by atoms with Crippen LogP contribution < -0.4 is 5.32 Å². The number of fused-ring (bicyclic) bond motifs is 1. The Hall–Kier alpha value is -4.20. The number of esters is 1. The molecular formula is C26H26N4O4. The average Bonchev–Trinajstić information content (AvgIpc) is 3.21. The number of carbonyl (C=O) groups is 3. The van der Waals surface area contributed by atoms with Crippen LogP contribution in [-0.4, -0.2) is 39.1 Å². The van der Waals surface area contributed by atoms with Crippen molar-refractivity contribution in [2.24, 2.45) is 0 Å². The van der Waals surface area contributed by atoms with Crippen LogP contribution in [0.5, 0.6) is 0 Å². The predicted octanol–water partition coefficient (Wildman–Crippen LogP) is 4.26. The molecule has 2 heterocycles. The molecule has 0 bridgehead atoms. The van der Waals surface area contributed by atoms with Crippen LogP contribution in [0.25, 0.3) is 11.8 Å². The molecule has 2 aromatic carbocycles. The fourth-order valence-electron chi connectivity index (χ4n) is 4.07. The van der Waals surface area contributed by atoms with E-state index in [9.17, 15) is 14.4 Å². The summed E-state index contributed by atoms with van der Waals surface area (Å²) >= 11 is 0. The van der Waals surface area contributed by atoms with E-state index in [0.717, 1.165) is 16.8 Å². The predicted molar refractivity (Wildman–Crippen MR) is 128 cm³/mol. The zero-order valence-corrected chi connectivity index (χ0v) is 19.3. The van der Waals surface area contributed by atoms with Gasteiger partial charge in [0.25, 0.3) is 0 Å². The third-order valence-electron chi connectivity index (χ3n) is 5.75. The average molecular weight is 459 g/mol. The number of benzene rings is 2. The van der Waals surface area contributed by atoms with Gasteiger partial charge in [-0.25, -0.2) is 9.48 Å². The van der Waals surface area contributed by atoms with E-state index in [0.29, 0.717) is 23.6 Å². The van der Waals surface area contributed by atoms with Crippen molar-refractivity contribution >= 4 is 29.5 Å².